The van der Waals surface area contributed by atoms with Gasteiger partial charge in [0.2, 0.25) is 0 Å². The smallest absolute Gasteiger partial charge is 0.329 e. The van der Waals surface area contributed by atoms with Gasteiger partial charge in [-0.05, 0) is 67.4 Å². The Kier molecular flexibility index (Phi) is 6.38. The number of carbonyl (C=O) groups is 2. The average molecular weight is 365 g/mol. The Labute approximate surface area is 153 Å². The molecule has 1 unspecified atom stereocenters. The first-order chi connectivity index (χ1) is 11.7. The molecule has 1 saturated heterocycles. The first kappa shape index (κ1) is 19.6. The van der Waals surface area contributed by atoms with Crippen LogP contribution in [0.4, 0.5) is 0 Å². The summed E-state index contributed by atoms with van der Waals surface area (Å²) in [4.78, 5) is 24.2. The molecule has 0 saturated carbocycles. The van der Waals surface area contributed by atoms with Crippen LogP contribution in [0.5, 0.6) is 5.75 Å². The van der Waals surface area contributed by atoms with Crippen LogP contribution < -0.4 is 10.1 Å². The normalized spacial score (nSPS) is 17.8. The lowest BCUT2D eigenvalue weighted by atomic mass is 9.92. The lowest BCUT2D eigenvalue weighted by Gasteiger charge is -2.34. The third kappa shape index (κ3) is 4.69. The zero-order valence-corrected chi connectivity index (χ0v) is 16.1. The van der Waals surface area contributed by atoms with Crippen molar-refractivity contribution in [2.45, 2.75) is 58.1 Å². The Morgan fingerprint density at radius 3 is 2.40 bits per heavy atom. The number of thioether (sulfide) groups is 1. The van der Waals surface area contributed by atoms with Crippen molar-refractivity contribution in [3.05, 3.63) is 29.3 Å². The minimum Gasteiger partial charge on any atom is -0.481 e. The molecular weight excluding hydrogens is 338 g/mol. The van der Waals surface area contributed by atoms with Crippen LogP contribution in [0.1, 0.15) is 50.7 Å². The van der Waals surface area contributed by atoms with E-state index in [4.69, 9.17) is 4.74 Å². The van der Waals surface area contributed by atoms with Gasteiger partial charge in [0.15, 0.2) is 6.10 Å². The number of rotatable bonds is 6. The minimum atomic E-state index is -1.17. The lowest BCUT2D eigenvalue weighted by Crippen LogP contribution is -2.58. The fraction of sp³-hybridized carbons (Fsp3) is 0.579. The maximum absolute atomic E-state index is 12.5. The van der Waals surface area contributed by atoms with E-state index in [0.717, 1.165) is 17.1 Å². The van der Waals surface area contributed by atoms with Crippen LogP contribution in [-0.4, -0.2) is 40.1 Å². The summed E-state index contributed by atoms with van der Waals surface area (Å²) in [5.41, 5.74) is 1.19. The number of aliphatic carboxylic acids is 1. The van der Waals surface area contributed by atoms with E-state index >= 15 is 0 Å². The number of carbonyl (C=O) groups excluding carboxylic acids is 1. The summed E-state index contributed by atoms with van der Waals surface area (Å²) in [7, 11) is 0. The first-order valence-electron chi connectivity index (χ1n) is 8.65. The topological polar surface area (TPSA) is 75.6 Å². The number of nitrogens with one attached hydrogen (secondary N) is 1. The number of hydrogen-bond donors (Lipinski definition) is 2. The van der Waals surface area contributed by atoms with Gasteiger partial charge in [-0.15, -0.1) is 0 Å². The van der Waals surface area contributed by atoms with Crippen molar-refractivity contribution >= 4 is 23.6 Å². The van der Waals surface area contributed by atoms with Crippen LogP contribution in [0.15, 0.2) is 18.2 Å². The molecule has 1 aliphatic rings. The second-order valence-electron chi connectivity index (χ2n) is 6.92. The summed E-state index contributed by atoms with van der Waals surface area (Å²) in [5.74, 6) is 1.16. The number of hydrogen-bond acceptors (Lipinski definition) is 4. The van der Waals surface area contributed by atoms with Crippen LogP contribution in [0.2, 0.25) is 0 Å². The van der Waals surface area contributed by atoms with Crippen molar-refractivity contribution in [3.8, 4) is 5.75 Å². The zero-order chi connectivity index (χ0) is 18.6. The van der Waals surface area contributed by atoms with Gasteiger partial charge in [-0.3, -0.25) is 4.79 Å². The molecule has 6 heteroatoms. The van der Waals surface area contributed by atoms with Crippen LogP contribution in [0.3, 0.4) is 0 Å². The van der Waals surface area contributed by atoms with Crippen molar-refractivity contribution in [1.29, 1.82) is 0 Å². The minimum absolute atomic E-state index is 0.389. The monoisotopic (exact) mass is 365 g/mol. The summed E-state index contributed by atoms with van der Waals surface area (Å²) in [6.45, 7) is 7.93. The van der Waals surface area contributed by atoms with E-state index in [0.29, 0.717) is 24.5 Å². The van der Waals surface area contributed by atoms with Crippen molar-refractivity contribution in [3.63, 3.8) is 0 Å². The van der Waals surface area contributed by atoms with Gasteiger partial charge in [0, 0.05) is 0 Å². The van der Waals surface area contributed by atoms with Gasteiger partial charge >= 0.3 is 5.97 Å². The fourth-order valence-electron chi connectivity index (χ4n) is 3.08. The maximum atomic E-state index is 12.5. The lowest BCUT2D eigenvalue weighted by molar-refractivity contribution is -0.149. The highest BCUT2D eigenvalue weighted by atomic mass is 32.2. The molecule has 1 aliphatic heterocycles. The predicted molar refractivity (Wildman–Crippen MR) is 100 cm³/mol. The number of aryl methyl sites for hydroxylation is 1. The molecule has 0 radical (unpaired) electrons. The molecule has 0 bridgehead atoms. The molecule has 2 N–H and O–H groups in total. The molecule has 1 aromatic carbocycles. The van der Waals surface area contributed by atoms with Gasteiger partial charge in [-0.1, -0.05) is 19.9 Å². The Morgan fingerprint density at radius 2 is 1.88 bits per heavy atom. The molecule has 1 amide bonds. The first-order valence-corrected chi connectivity index (χ1v) is 9.81. The maximum Gasteiger partial charge on any atom is 0.329 e. The second kappa shape index (κ2) is 8.13. The van der Waals surface area contributed by atoms with Crippen molar-refractivity contribution < 1.29 is 19.4 Å². The average Bonchev–Trinajstić information content (AvgIpc) is 2.55. The van der Waals surface area contributed by atoms with Gasteiger partial charge < -0.3 is 15.2 Å². The van der Waals surface area contributed by atoms with Crippen LogP contribution >= 0.6 is 11.8 Å². The molecule has 2 rings (SSSR count). The number of amides is 1. The molecule has 0 aliphatic carbocycles. The Bertz CT molecular complexity index is 638. The Balaban J connectivity index is 2.04. The molecule has 138 valence electrons. The SMILES string of the molecule is Cc1cc(OC(C)C(=O)NC2(C(=O)O)CCSCC2)ccc1C(C)C. The second-order valence-corrected chi connectivity index (χ2v) is 8.15. The standard InChI is InChI=1S/C19H27NO4S/c1-12(2)16-6-5-15(11-13(16)3)24-14(4)17(21)20-19(18(22)23)7-9-25-10-8-19/h5-6,11-12,14H,7-10H2,1-4H3,(H,20,21)(H,22,23). The summed E-state index contributed by atoms with van der Waals surface area (Å²) in [6, 6.07) is 5.79. The largest absolute Gasteiger partial charge is 0.481 e. The van der Waals surface area contributed by atoms with Crippen LogP contribution in [0.25, 0.3) is 0 Å². The van der Waals surface area contributed by atoms with Crippen molar-refractivity contribution in [1.82, 2.24) is 5.32 Å². The van der Waals surface area contributed by atoms with E-state index in [-0.39, 0.29) is 5.91 Å². The van der Waals surface area contributed by atoms with Gasteiger partial charge in [-0.2, -0.15) is 11.8 Å². The van der Waals surface area contributed by atoms with E-state index in [1.54, 1.807) is 18.7 Å². The highest BCUT2D eigenvalue weighted by molar-refractivity contribution is 7.99. The third-order valence-electron chi connectivity index (χ3n) is 4.66. The van der Waals surface area contributed by atoms with Crippen LogP contribution in [0, 0.1) is 6.92 Å². The van der Waals surface area contributed by atoms with Gasteiger partial charge in [0.05, 0.1) is 0 Å². The van der Waals surface area contributed by atoms with Crippen molar-refractivity contribution in [2.75, 3.05) is 11.5 Å². The summed E-state index contributed by atoms with van der Waals surface area (Å²) >= 11 is 1.71. The number of benzene rings is 1. The van der Waals surface area contributed by atoms with E-state index in [1.807, 2.05) is 25.1 Å². The van der Waals surface area contributed by atoms with Gasteiger partial charge in [0.25, 0.3) is 5.91 Å². The molecule has 1 fully saturated rings. The zero-order valence-electron chi connectivity index (χ0n) is 15.3. The van der Waals surface area contributed by atoms with E-state index in [2.05, 4.69) is 19.2 Å². The molecule has 1 atom stereocenters. The summed E-state index contributed by atoms with van der Waals surface area (Å²) < 4.78 is 5.75. The van der Waals surface area contributed by atoms with Gasteiger partial charge in [-0.25, -0.2) is 4.79 Å². The third-order valence-corrected chi connectivity index (χ3v) is 5.65. The van der Waals surface area contributed by atoms with Crippen LogP contribution in [-0.2, 0) is 9.59 Å². The number of carboxylic acid groups (broad SMARTS) is 1. The molecule has 0 spiro atoms. The molecular formula is C19H27NO4S. The Hall–Kier alpha value is -1.69. The number of ether oxygens (including phenoxy) is 1. The molecule has 1 aromatic rings. The molecule has 5 nitrogen and oxygen atoms in total. The van der Waals surface area contributed by atoms with E-state index < -0.39 is 17.6 Å². The predicted octanol–water partition coefficient (Wildman–Crippen LogP) is 3.35. The van der Waals surface area contributed by atoms with E-state index in [9.17, 15) is 14.7 Å². The number of carboxylic acids is 1. The quantitative estimate of drug-likeness (QED) is 0.808. The van der Waals surface area contributed by atoms with Crippen molar-refractivity contribution in [2.24, 2.45) is 0 Å². The highest BCUT2D eigenvalue weighted by Gasteiger charge is 2.42. The van der Waals surface area contributed by atoms with Gasteiger partial charge in [0.1, 0.15) is 11.3 Å². The molecule has 1 heterocycles. The molecule has 0 aromatic heterocycles. The summed E-state index contributed by atoms with van der Waals surface area (Å²) in [5, 5.41) is 12.3. The fourth-order valence-corrected chi connectivity index (χ4v) is 4.27. The Morgan fingerprint density at radius 1 is 1.24 bits per heavy atom. The van der Waals surface area contributed by atoms with E-state index in [1.165, 1.54) is 5.56 Å². The summed E-state index contributed by atoms with van der Waals surface area (Å²) in [6.07, 6.45) is 0.122. The highest BCUT2D eigenvalue weighted by Crippen LogP contribution is 2.28. The molecule has 25 heavy (non-hydrogen) atoms.